The molecule has 3 N–H and O–H groups in total. The molecular weight excluding hydrogens is 192 g/mol. The first kappa shape index (κ1) is 9.98. The molecule has 1 aromatic carbocycles. The van der Waals surface area contributed by atoms with E-state index in [0.29, 0.717) is 13.2 Å². The molecule has 0 aromatic heterocycles. The van der Waals surface area contributed by atoms with E-state index in [-0.39, 0.29) is 5.91 Å². The molecule has 1 saturated heterocycles. The van der Waals surface area contributed by atoms with Crippen LogP contribution in [0.5, 0.6) is 0 Å². The predicted molar refractivity (Wildman–Crippen MR) is 57.5 cm³/mol. The Morgan fingerprint density at radius 2 is 2.13 bits per heavy atom. The summed E-state index contributed by atoms with van der Waals surface area (Å²) in [6.07, 6.45) is 0. The maximum atomic E-state index is 11.3. The van der Waals surface area contributed by atoms with Crippen molar-refractivity contribution in [3.05, 3.63) is 29.8 Å². The fourth-order valence-corrected chi connectivity index (χ4v) is 1.55. The van der Waals surface area contributed by atoms with Crippen LogP contribution in [-0.2, 0) is 9.53 Å². The number of para-hydroxylation sites is 1. The summed E-state index contributed by atoms with van der Waals surface area (Å²) in [7, 11) is 0. The number of carbonyl (C=O) groups excluding carboxylic acids is 1. The van der Waals surface area contributed by atoms with Gasteiger partial charge in [-0.05, 0) is 18.6 Å². The standard InChI is InChI=1S/C11H14N2O2/c1-8-4-2-3-5-9(8)13-11(10(12)14)6-15-7-11/h2-5,13H,6-7H2,1H3,(H2,12,14). The third kappa shape index (κ3) is 1.68. The number of hydrogen-bond donors (Lipinski definition) is 2. The third-order valence-corrected chi connectivity index (χ3v) is 2.69. The molecule has 1 fully saturated rings. The average Bonchev–Trinajstić information content (AvgIpc) is 2.13. The van der Waals surface area contributed by atoms with E-state index in [4.69, 9.17) is 10.5 Å². The van der Waals surface area contributed by atoms with Gasteiger partial charge < -0.3 is 15.8 Å². The number of nitrogens with one attached hydrogen (secondary N) is 1. The highest BCUT2D eigenvalue weighted by Gasteiger charge is 2.44. The number of ether oxygens (including phenoxy) is 1. The van der Waals surface area contributed by atoms with Crippen LogP contribution < -0.4 is 11.1 Å². The van der Waals surface area contributed by atoms with Crippen molar-refractivity contribution in [3.8, 4) is 0 Å². The van der Waals surface area contributed by atoms with Gasteiger partial charge in [0.05, 0.1) is 13.2 Å². The molecule has 80 valence electrons. The molecule has 1 amide bonds. The van der Waals surface area contributed by atoms with Gasteiger partial charge in [-0.3, -0.25) is 4.79 Å². The average molecular weight is 206 g/mol. The van der Waals surface area contributed by atoms with Crippen LogP contribution in [0.1, 0.15) is 5.56 Å². The van der Waals surface area contributed by atoms with Crippen molar-refractivity contribution in [1.29, 1.82) is 0 Å². The van der Waals surface area contributed by atoms with Crippen LogP contribution in [0.25, 0.3) is 0 Å². The van der Waals surface area contributed by atoms with E-state index in [1.807, 2.05) is 31.2 Å². The fraction of sp³-hybridized carbons (Fsp3) is 0.364. The van der Waals surface area contributed by atoms with Gasteiger partial charge in [0.25, 0.3) is 0 Å². The first-order valence-electron chi connectivity index (χ1n) is 4.85. The number of hydrogen-bond acceptors (Lipinski definition) is 3. The number of primary amides is 1. The summed E-state index contributed by atoms with van der Waals surface area (Å²) < 4.78 is 5.05. The maximum absolute atomic E-state index is 11.3. The summed E-state index contributed by atoms with van der Waals surface area (Å²) in [5.74, 6) is -0.364. The lowest BCUT2D eigenvalue weighted by atomic mass is 9.95. The summed E-state index contributed by atoms with van der Waals surface area (Å²) >= 11 is 0. The summed E-state index contributed by atoms with van der Waals surface area (Å²) in [6.45, 7) is 2.67. The Morgan fingerprint density at radius 1 is 1.47 bits per heavy atom. The Morgan fingerprint density at radius 3 is 2.60 bits per heavy atom. The Labute approximate surface area is 88.4 Å². The Kier molecular flexibility index (Phi) is 2.36. The lowest BCUT2D eigenvalue weighted by Gasteiger charge is -2.40. The van der Waals surface area contributed by atoms with Crippen LogP contribution in [0.15, 0.2) is 24.3 Å². The Balaban J connectivity index is 2.21. The van der Waals surface area contributed by atoms with Crippen LogP contribution >= 0.6 is 0 Å². The minimum atomic E-state index is -0.716. The molecule has 0 atom stereocenters. The van der Waals surface area contributed by atoms with Crippen molar-refractivity contribution in [3.63, 3.8) is 0 Å². The number of amides is 1. The van der Waals surface area contributed by atoms with E-state index in [2.05, 4.69) is 5.32 Å². The molecule has 1 heterocycles. The van der Waals surface area contributed by atoms with Gasteiger partial charge in [0.1, 0.15) is 0 Å². The van der Waals surface area contributed by atoms with Crippen LogP contribution in [0.3, 0.4) is 0 Å². The highest BCUT2D eigenvalue weighted by Crippen LogP contribution is 2.24. The van der Waals surface area contributed by atoms with Crippen molar-refractivity contribution in [2.45, 2.75) is 12.5 Å². The second kappa shape index (κ2) is 3.55. The molecule has 1 aliphatic rings. The van der Waals surface area contributed by atoms with Crippen LogP contribution in [0, 0.1) is 6.92 Å². The highest BCUT2D eigenvalue weighted by atomic mass is 16.5. The van der Waals surface area contributed by atoms with Gasteiger partial charge in [0.15, 0.2) is 5.54 Å². The molecule has 4 heteroatoms. The second-order valence-corrected chi connectivity index (χ2v) is 3.88. The topological polar surface area (TPSA) is 64.3 Å². The molecule has 15 heavy (non-hydrogen) atoms. The molecule has 0 saturated carbocycles. The number of carbonyl (C=O) groups is 1. The molecule has 2 rings (SSSR count). The molecule has 0 unspecified atom stereocenters. The lowest BCUT2D eigenvalue weighted by molar-refractivity contribution is -0.137. The van der Waals surface area contributed by atoms with E-state index < -0.39 is 5.54 Å². The van der Waals surface area contributed by atoms with E-state index in [1.165, 1.54) is 0 Å². The van der Waals surface area contributed by atoms with Gasteiger partial charge in [-0.25, -0.2) is 0 Å². The normalized spacial score (nSPS) is 17.9. The minimum absolute atomic E-state index is 0.344. The number of aryl methyl sites for hydroxylation is 1. The van der Waals surface area contributed by atoms with Gasteiger partial charge in [0.2, 0.25) is 5.91 Å². The van der Waals surface area contributed by atoms with Gasteiger partial charge in [-0.1, -0.05) is 18.2 Å². The fourth-order valence-electron chi connectivity index (χ4n) is 1.55. The van der Waals surface area contributed by atoms with Crippen molar-refractivity contribution in [1.82, 2.24) is 0 Å². The number of rotatable bonds is 3. The van der Waals surface area contributed by atoms with E-state index in [0.717, 1.165) is 11.3 Å². The quantitative estimate of drug-likeness (QED) is 0.763. The van der Waals surface area contributed by atoms with Gasteiger partial charge >= 0.3 is 0 Å². The third-order valence-electron chi connectivity index (χ3n) is 2.69. The van der Waals surface area contributed by atoms with E-state index >= 15 is 0 Å². The summed E-state index contributed by atoms with van der Waals surface area (Å²) in [4.78, 5) is 11.3. The van der Waals surface area contributed by atoms with Crippen molar-refractivity contribution in [2.24, 2.45) is 5.73 Å². The minimum Gasteiger partial charge on any atom is -0.375 e. The first-order valence-corrected chi connectivity index (χ1v) is 4.85. The monoisotopic (exact) mass is 206 g/mol. The summed E-state index contributed by atoms with van der Waals surface area (Å²) in [5, 5.41) is 3.16. The summed E-state index contributed by atoms with van der Waals surface area (Å²) in [5.41, 5.74) is 6.65. The molecular formula is C11H14N2O2. The van der Waals surface area contributed by atoms with Crippen LogP contribution in [0.4, 0.5) is 5.69 Å². The Bertz CT molecular complexity index is 386. The summed E-state index contributed by atoms with van der Waals surface area (Å²) in [6, 6.07) is 7.78. The molecule has 1 aliphatic heterocycles. The van der Waals surface area contributed by atoms with Gasteiger partial charge in [-0.2, -0.15) is 0 Å². The molecule has 0 aliphatic carbocycles. The van der Waals surface area contributed by atoms with Crippen molar-refractivity contribution < 1.29 is 9.53 Å². The SMILES string of the molecule is Cc1ccccc1NC1(C(N)=O)COC1. The van der Waals surface area contributed by atoms with E-state index in [1.54, 1.807) is 0 Å². The maximum Gasteiger partial charge on any atom is 0.247 e. The van der Waals surface area contributed by atoms with Gasteiger partial charge in [-0.15, -0.1) is 0 Å². The molecule has 4 nitrogen and oxygen atoms in total. The highest BCUT2D eigenvalue weighted by molar-refractivity contribution is 5.89. The molecule has 0 radical (unpaired) electrons. The lowest BCUT2D eigenvalue weighted by Crippen LogP contribution is -2.64. The number of anilines is 1. The predicted octanol–water partition coefficient (Wildman–Crippen LogP) is 0.661. The number of nitrogens with two attached hydrogens (primary N) is 1. The second-order valence-electron chi connectivity index (χ2n) is 3.88. The zero-order valence-corrected chi connectivity index (χ0v) is 8.62. The van der Waals surface area contributed by atoms with Crippen LogP contribution in [-0.4, -0.2) is 24.7 Å². The van der Waals surface area contributed by atoms with E-state index in [9.17, 15) is 4.79 Å². The Hall–Kier alpha value is -1.55. The molecule has 0 spiro atoms. The zero-order chi connectivity index (χ0) is 10.9. The van der Waals surface area contributed by atoms with Crippen molar-refractivity contribution >= 4 is 11.6 Å². The van der Waals surface area contributed by atoms with Gasteiger partial charge in [0, 0.05) is 5.69 Å². The van der Waals surface area contributed by atoms with Crippen LogP contribution in [0.2, 0.25) is 0 Å². The largest absolute Gasteiger partial charge is 0.375 e. The smallest absolute Gasteiger partial charge is 0.247 e. The molecule has 0 bridgehead atoms. The van der Waals surface area contributed by atoms with Crippen molar-refractivity contribution in [2.75, 3.05) is 18.5 Å². The number of benzene rings is 1. The molecule has 1 aromatic rings. The zero-order valence-electron chi connectivity index (χ0n) is 8.62. The first-order chi connectivity index (χ1) is 7.14.